The van der Waals surface area contributed by atoms with Gasteiger partial charge in [-0.1, -0.05) is 12.1 Å². The third-order valence-electron chi connectivity index (χ3n) is 1.85. The molecule has 0 N–H and O–H groups in total. The molecule has 1 heterocycles. The first-order valence-electron chi connectivity index (χ1n) is 4.27. The van der Waals surface area contributed by atoms with E-state index in [2.05, 4.69) is 4.98 Å². The molecule has 0 radical (unpaired) electrons. The molecule has 1 aromatic carbocycles. The van der Waals surface area contributed by atoms with Crippen LogP contribution in [0.15, 0.2) is 28.6 Å². The largest absolute Gasteiger partial charge is 0.549 e. The summed E-state index contributed by atoms with van der Waals surface area (Å²) in [5, 5.41) is 10.3. The first kappa shape index (κ1) is 11.0. The SMILES string of the molecule is O=C([O-])CS(=O)(=O)c1nc2ccccc2s1. The Morgan fingerprint density at radius 2 is 2.06 bits per heavy atom. The predicted molar refractivity (Wildman–Crippen MR) is 56.7 cm³/mol. The van der Waals surface area contributed by atoms with E-state index in [4.69, 9.17) is 0 Å². The van der Waals surface area contributed by atoms with Crippen LogP contribution in [0.1, 0.15) is 0 Å². The summed E-state index contributed by atoms with van der Waals surface area (Å²) in [6.45, 7) is 0. The second-order valence-corrected chi connectivity index (χ2v) is 6.27. The van der Waals surface area contributed by atoms with Gasteiger partial charge in [0.25, 0.3) is 0 Å². The summed E-state index contributed by atoms with van der Waals surface area (Å²) in [7, 11) is -3.88. The lowest BCUT2D eigenvalue weighted by molar-refractivity contribution is -0.301. The van der Waals surface area contributed by atoms with Gasteiger partial charge in [-0.15, -0.1) is 11.3 Å². The smallest absolute Gasteiger partial charge is 0.210 e. The highest BCUT2D eigenvalue weighted by Gasteiger charge is 2.19. The van der Waals surface area contributed by atoms with Gasteiger partial charge in [-0.3, -0.25) is 0 Å². The topological polar surface area (TPSA) is 87.2 Å². The fourth-order valence-corrected chi connectivity index (χ4v) is 3.52. The molecule has 7 heteroatoms. The van der Waals surface area contributed by atoms with E-state index in [0.29, 0.717) is 10.2 Å². The van der Waals surface area contributed by atoms with Crippen molar-refractivity contribution >= 4 is 37.4 Å². The van der Waals surface area contributed by atoms with Gasteiger partial charge in [0, 0.05) is 0 Å². The van der Waals surface area contributed by atoms with Crippen molar-refractivity contribution in [2.75, 3.05) is 5.75 Å². The molecule has 16 heavy (non-hydrogen) atoms. The molecule has 0 unspecified atom stereocenters. The number of aromatic nitrogens is 1. The number of sulfone groups is 1. The number of aliphatic carboxylic acids is 1. The van der Waals surface area contributed by atoms with Crippen LogP contribution in [0.25, 0.3) is 10.2 Å². The number of thiazole rings is 1. The van der Waals surface area contributed by atoms with Gasteiger partial charge < -0.3 is 9.90 Å². The number of rotatable bonds is 3. The molecule has 84 valence electrons. The minimum absolute atomic E-state index is 0.182. The maximum Gasteiger partial charge on any atom is 0.210 e. The number of carboxylic acid groups (broad SMARTS) is 1. The first-order valence-corrected chi connectivity index (χ1v) is 6.74. The van der Waals surface area contributed by atoms with Gasteiger partial charge >= 0.3 is 0 Å². The lowest BCUT2D eigenvalue weighted by Gasteiger charge is -1.99. The molecule has 0 saturated carbocycles. The normalized spacial score (nSPS) is 11.8. The van der Waals surface area contributed by atoms with Gasteiger partial charge in [-0.2, -0.15) is 0 Å². The second-order valence-electron chi connectivity index (χ2n) is 3.08. The lowest BCUT2D eigenvalue weighted by atomic mass is 10.3. The molecule has 0 aliphatic heterocycles. The number of carbonyl (C=O) groups is 1. The first-order chi connectivity index (χ1) is 7.49. The van der Waals surface area contributed by atoms with E-state index >= 15 is 0 Å². The predicted octanol–water partition coefficient (Wildman–Crippen LogP) is -0.180. The van der Waals surface area contributed by atoms with E-state index in [-0.39, 0.29) is 4.34 Å². The number of hydrogen-bond acceptors (Lipinski definition) is 6. The fourth-order valence-electron chi connectivity index (χ4n) is 1.20. The summed E-state index contributed by atoms with van der Waals surface area (Å²) < 4.78 is 23.6. The Bertz CT molecular complexity index is 611. The van der Waals surface area contributed by atoms with Crippen molar-refractivity contribution in [2.45, 2.75) is 4.34 Å². The number of fused-ring (bicyclic) bond motifs is 1. The third-order valence-corrected chi connectivity index (χ3v) is 4.93. The molecular formula is C9H6NO4S2-. The van der Waals surface area contributed by atoms with Crippen molar-refractivity contribution in [1.29, 1.82) is 0 Å². The van der Waals surface area contributed by atoms with Crippen molar-refractivity contribution in [3.63, 3.8) is 0 Å². The number of hydrogen-bond donors (Lipinski definition) is 0. The highest BCUT2D eigenvalue weighted by atomic mass is 32.2. The zero-order valence-electron chi connectivity index (χ0n) is 7.91. The van der Waals surface area contributed by atoms with Crippen LogP contribution >= 0.6 is 11.3 Å². The van der Waals surface area contributed by atoms with Gasteiger partial charge in [0.05, 0.1) is 21.9 Å². The monoisotopic (exact) mass is 256 g/mol. The number of para-hydroxylation sites is 1. The standard InChI is InChI=1S/C9H7NO4S2/c11-8(12)5-16(13,14)9-10-6-3-1-2-4-7(6)15-9/h1-4H,5H2,(H,11,12)/p-1. The Hall–Kier alpha value is -1.47. The Labute approximate surface area is 95.3 Å². The van der Waals surface area contributed by atoms with Crippen molar-refractivity contribution in [1.82, 2.24) is 4.98 Å². The summed E-state index contributed by atoms with van der Waals surface area (Å²) in [4.78, 5) is 14.2. The third kappa shape index (κ3) is 2.05. The van der Waals surface area contributed by atoms with Crippen LogP contribution in [0, 0.1) is 0 Å². The Morgan fingerprint density at radius 1 is 1.38 bits per heavy atom. The zero-order valence-corrected chi connectivity index (χ0v) is 9.55. The minimum atomic E-state index is -3.88. The number of benzene rings is 1. The van der Waals surface area contributed by atoms with Crippen LogP contribution in [0.2, 0.25) is 0 Å². The molecule has 0 atom stereocenters. The van der Waals surface area contributed by atoms with Crippen molar-refractivity contribution in [3.8, 4) is 0 Å². The van der Waals surface area contributed by atoms with E-state index in [1.54, 1.807) is 24.3 Å². The quantitative estimate of drug-likeness (QED) is 0.760. The molecule has 0 saturated heterocycles. The zero-order chi connectivity index (χ0) is 11.8. The van der Waals surface area contributed by atoms with E-state index in [9.17, 15) is 18.3 Å². The molecule has 5 nitrogen and oxygen atoms in total. The van der Waals surface area contributed by atoms with E-state index < -0.39 is 21.6 Å². The van der Waals surface area contributed by atoms with Crippen molar-refractivity contribution < 1.29 is 18.3 Å². The molecule has 0 spiro atoms. The van der Waals surface area contributed by atoms with Crippen LogP contribution in [0.4, 0.5) is 0 Å². The number of carboxylic acids is 1. The summed E-state index contributed by atoms with van der Waals surface area (Å²) in [5.41, 5.74) is 0.546. The summed E-state index contributed by atoms with van der Waals surface area (Å²) in [5.74, 6) is -2.66. The molecule has 1 aromatic heterocycles. The van der Waals surface area contributed by atoms with Crippen LogP contribution < -0.4 is 5.11 Å². The van der Waals surface area contributed by atoms with Gasteiger partial charge in [-0.25, -0.2) is 13.4 Å². The van der Waals surface area contributed by atoms with Crippen LogP contribution in [-0.4, -0.2) is 25.1 Å². The van der Waals surface area contributed by atoms with Gasteiger partial charge in [0.2, 0.25) is 14.2 Å². The number of carbonyl (C=O) groups excluding carboxylic acids is 1. The van der Waals surface area contributed by atoms with Gasteiger partial charge in [0.1, 0.15) is 0 Å². The molecule has 0 amide bonds. The Morgan fingerprint density at radius 3 is 2.69 bits per heavy atom. The lowest BCUT2D eigenvalue weighted by Crippen LogP contribution is -2.30. The molecule has 0 bridgehead atoms. The second kappa shape index (κ2) is 3.84. The summed E-state index contributed by atoms with van der Waals surface area (Å²) in [6.07, 6.45) is 0. The minimum Gasteiger partial charge on any atom is -0.549 e. The van der Waals surface area contributed by atoms with E-state index in [1.165, 1.54) is 0 Å². The molecule has 0 fully saturated rings. The highest BCUT2D eigenvalue weighted by Crippen LogP contribution is 2.25. The van der Waals surface area contributed by atoms with Crippen molar-refractivity contribution in [3.05, 3.63) is 24.3 Å². The summed E-state index contributed by atoms with van der Waals surface area (Å²) >= 11 is 0.956. The van der Waals surface area contributed by atoms with E-state index in [0.717, 1.165) is 11.3 Å². The Kier molecular flexibility index (Phi) is 2.64. The van der Waals surface area contributed by atoms with Gasteiger partial charge in [-0.05, 0) is 12.1 Å². The molecular weight excluding hydrogens is 250 g/mol. The Balaban J connectivity index is 2.52. The molecule has 0 aliphatic carbocycles. The fraction of sp³-hybridized carbons (Fsp3) is 0.111. The van der Waals surface area contributed by atoms with Crippen molar-refractivity contribution in [2.24, 2.45) is 0 Å². The average Bonchev–Trinajstić information content (AvgIpc) is 2.59. The number of nitrogens with zero attached hydrogens (tertiary/aromatic N) is 1. The molecule has 2 aromatic rings. The van der Waals surface area contributed by atoms with Gasteiger partial charge in [0.15, 0.2) is 0 Å². The average molecular weight is 256 g/mol. The highest BCUT2D eigenvalue weighted by molar-refractivity contribution is 7.94. The maximum absolute atomic E-state index is 11.5. The molecule has 2 rings (SSSR count). The van der Waals surface area contributed by atoms with Crippen LogP contribution in [-0.2, 0) is 14.6 Å². The molecule has 0 aliphatic rings. The van der Waals surface area contributed by atoms with Crippen LogP contribution in [0.3, 0.4) is 0 Å². The maximum atomic E-state index is 11.5. The summed E-state index contributed by atoms with van der Waals surface area (Å²) in [6, 6.07) is 6.89. The van der Waals surface area contributed by atoms with E-state index in [1.807, 2.05) is 0 Å². The van der Waals surface area contributed by atoms with Crippen LogP contribution in [0.5, 0.6) is 0 Å².